The lowest BCUT2D eigenvalue weighted by Crippen LogP contribution is -2.25. The first-order valence-electron chi connectivity index (χ1n) is 5.77. The average molecular weight is 247 g/mol. The lowest BCUT2D eigenvalue weighted by molar-refractivity contribution is 0.0948. The highest BCUT2D eigenvalue weighted by Gasteiger charge is 2.05. The van der Waals surface area contributed by atoms with E-state index in [4.69, 9.17) is 4.74 Å². The Hall–Kier alpha value is -2.10. The summed E-state index contributed by atoms with van der Waals surface area (Å²) in [4.78, 5) is 22.8. The van der Waals surface area contributed by atoms with Gasteiger partial charge in [-0.05, 0) is 25.5 Å². The van der Waals surface area contributed by atoms with Crippen molar-refractivity contribution in [3.8, 4) is 0 Å². The van der Waals surface area contributed by atoms with Crippen molar-refractivity contribution in [1.29, 1.82) is 0 Å². The topological polar surface area (TPSA) is 55.4 Å². The Balaban J connectivity index is 2.41. The number of ether oxygens (including phenoxy) is 1. The number of ketones is 1. The molecule has 96 valence electrons. The molecule has 1 aromatic carbocycles. The number of amides is 1. The standard InChI is InChI=1S/C14H17NO3/c1-3-18-10-4-9-15-14(17)13-7-5-12(6-8-13)11(2)16/h3,5-8H,1,4,9-10H2,2H3,(H,15,17). The lowest BCUT2D eigenvalue weighted by Gasteiger charge is -2.05. The summed E-state index contributed by atoms with van der Waals surface area (Å²) in [7, 11) is 0. The van der Waals surface area contributed by atoms with E-state index in [0.717, 1.165) is 6.42 Å². The van der Waals surface area contributed by atoms with E-state index in [-0.39, 0.29) is 11.7 Å². The summed E-state index contributed by atoms with van der Waals surface area (Å²) in [5, 5.41) is 2.77. The van der Waals surface area contributed by atoms with Gasteiger partial charge < -0.3 is 10.1 Å². The van der Waals surface area contributed by atoms with Gasteiger partial charge in [-0.1, -0.05) is 18.7 Å². The van der Waals surface area contributed by atoms with E-state index in [2.05, 4.69) is 11.9 Å². The molecule has 18 heavy (non-hydrogen) atoms. The molecule has 0 heterocycles. The molecule has 0 fully saturated rings. The smallest absolute Gasteiger partial charge is 0.251 e. The maximum absolute atomic E-state index is 11.7. The van der Waals surface area contributed by atoms with Gasteiger partial charge in [0.15, 0.2) is 5.78 Å². The van der Waals surface area contributed by atoms with Crippen LogP contribution in [0.25, 0.3) is 0 Å². The van der Waals surface area contributed by atoms with Crippen molar-refractivity contribution in [3.63, 3.8) is 0 Å². The van der Waals surface area contributed by atoms with Crippen LogP contribution in [0.3, 0.4) is 0 Å². The molecule has 1 aromatic rings. The van der Waals surface area contributed by atoms with Crippen LogP contribution in [0.15, 0.2) is 37.1 Å². The molecule has 0 saturated heterocycles. The van der Waals surface area contributed by atoms with E-state index in [9.17, 15) is 9.59 Å². The Morgan fingerprint density at radius 1 is 1.28 bits per heavy atom. The zero-order valence-electron chi connectivity index (χ0n) is 10.4. The third-order valence-electron chi connectivity index (χ3n) is 2.40. The molecule has 0 bridgehead atoms. The van der Waals surface area contributed by atoms with Crippen LogP contribution >= 0.6 is 0 Å². The Kier molecular flexibility index (Phi) is 5.64. The minimum Gasteiger partial charge on any atom is -0.502 e. The highest BCUT2D eigenvalue weighted by molar-refractivity contribution is 5.97. The normalized spacial score (nSPS) is 9.61. The molecule has 0 unspecified atom stereocenters. The number of benzene rings is 1. The van der Waals surface area contributed by atoms with Crippen LogP contribution < -0.4 is 5.32 Å². The number of hydrogen-bond donors (Lipinski definition) is 1. The van der Waals surface area contributed by atoms with Gasteiger partial charge in [-0.3, -0.25) is 9.59 Å². The molecule has 0 atom stereocenters. The number of Topliss-reactive ketones (excluding diaryl/α,β-unsaturated/α-hetero) is 1. The quantitative estimate of drug-likeness (QED) is 0.456. The highest BCUT2D eigenvalue weighted by Crippen LogP contribution is 2.05. The van der Waals surface area contributed by atoms with E-state index < -0.39 is 0 Å². The monoisotopic (exact) mass is 247 g/mol. The second-order valence-electron chi connectivity index (χ2n) is 3.78. The van der Waals surface area contributed by atoms with E-state index in [0.29, 0.717) is 24.3 Å². The van der Waals surface area contributed by atoms with Crippen LogP contribution in [-0.4, -0.2) is 24.8 Å². The number of nitrogens with one attached hydrogen (secondary N) is 1. The van der Waals surface area contributed by atoms with Crippen molar-refractivity contribution in [3.05, 3.63) is 48.2 Å². The molecule has 0 aliphatic rings. The summed E-state index contributed by atoms with van der Waals surface area (Å²) in [5.74, 6) is -0.160. The molecule has 0 saturated carbocycles. The molecule has 0 spiro atoms. The van der Waals surface area contributed by atoms with Gasteiger partial charge in [0.2, 0.25) is 0 Å². The van der Waals surface area contributed by atoms with Gasteiger partial charge in [0.1, 0.15) is 0 Å². The molecule has 4 nitrogen and oxygen atoms in total. The second kappa shape index (κ2) is 7.27. The van der Waals surface area contributed by atoms with Crippen molar-refractivity contribution in [2.24, 2.45) is 0 Å². The number of hydrogen-bond acceptors (Lipinski definition) is 3. The molecule has 4 heteroatoms. The maximum Gasteiger partial charge on any atom is 0.251 e. The van der Waals surface area contributed by atoms with Gasteiger partial charge in [0.05, 0.1) is 12.9 Å². The molecule has 0 radical (unpaired) electrons. The second-order valence-corrected chi connectivity index (χ2v) is 3.78. The van der Waals surface area contributed by atoms with Gasteiger partial charge in [-0.15, -0.1) is 0 Å². The number of rotatable bonds is 7. The Morgan fingerprint density at radius 2 is 1.89 bits per heavy atom. The zero-order chi connectivity index (χ0) is 13.4. The summed E-state index contributed by atoms with van der Waals surface area (Å²) < 4.78 is 4.94. The largest absolute Gasteiger partial charge is 0.502 e. The zero-order valence-corrected chi connectivity index (χ0v) is 10.4. The van der Waals surface area contributed by atoms with Crippen molar-refractivity contribution >= 4 is 11.7 Å². The molecule has 1 N–H and O–H groups in total. The summed E-state index contributed by atoms with van der Waals surface area (Å²) in [6, 6.07) is 6.59. The predicted octanol–water partition coefficient (Wildman–Crippen LogP) is 2.17. The van der Waals surface area contributed by atoms with Crippen LogP contribution in [0, 0.1) is 0 Å². The predicted molar refractivity (Wildman–Crippen MR) is 69.5 cm³/mol. The molecule has 0 aliphatic carbocycles. The van der Waals surface area contributed by atoms with E-state index in [1.54, 1.807) is 24.3 Å². The molecule has 1 amide bonds. The van der Waals surface area contributed by atoms with Crippen LogP contribution in [0.5, 0.6) is 0 Å². The highest BCUT2D eigenvalue weighted by atomic mass is 16.5. The first kappa shape index (κ1) is 14.0. The SMILES string of the molecule is C=COCCCNC(=O)c1ccc(C(C)=O)cc1. The lowest BCUT2D eigenvalue weighted by atomic mass is 10.1. The fourth-order valence-electron chi connectivity index (χ4n) is 1.40. The summed E-state index contributed by atoms with van der Waals surface area (Å²) in [6.07, 6.45) is 2.10. The Morgan fingerprint density at radius 3 is 2.44 bits per heavy atom. The average Bonchev–Trinajstić information content (AvgIpc) is 2.38. The van der Waals surface area contributed by atoms with Crippen LogP contribution in [-0.2, 0) is 4.74 Å². The Bertz CT molecular complexity index is 423. The van der Waals surface area contributed by atoms with Crippen molar-refractivity contribution in [2.75, 3.05) is 13.2 Å². The third-order valence-corrected chi connectivity index (χ3v) is 2.40. The van der Waals surface area contributed by atoms with E-state index in [1.165, 1.54) is 13.2 Å². The first-order valence-corrected chi connectivity index (χ1v) is 5.77. The number of carbonyl (C=O) groups excluding carboxylic acids is 2. The van der Waals surface area contributed by atoms with Gasteiger partial charge in [0, 0.05) is 17.7 Å². The minimum atomic E-state index is -0.149. The number of carbonyl (C=O) groups is 2. The van der Waals surface area contributed by atoms with Crippen molar-refractivity contribution in [1.82, 2.24) is 5.32 Å². The van der Waals surface area contributed by atoms with Gasteiger partial charge in [-0.25, -0.2) is 0 Å². The van der Waals surface area contributed by atoms with Gasteiger partial charge >= 0.3 is 0 Å². The maximum atomic E-state index is 11.7. The van der Waals surface area contributed by atoms with E-state index >= 15 is 0 Å². The fraction of sp³-hybridized carbons (Fsp3) is 0.286. The van der Waals surface area contributed by atoms with E-state index in [1.807, 2.05) is 0 Å². The molecule has 1 rings (SSSR count). The molecular formula is C14H17NO3. The Labute approximate surface area is 107 Å². The van der Waals surface area contributed by atoms with Gasteiger partial charge in [0.25, 0.3) is 5.91 Å². The van der Waals surface area contributed by atoms with Crippen LogP contribution in [0.1, 0.15) is 34.1 Å². The van der Waals surface area contributed by atoms with Crippen molar-refractivity contribution < 1.29 is 14.3 Å². The van der Waals surface area contributed by atoms with Gasteiger partial charge in [-0.2, -0.15) is 0 Å². The summed E-state index contributed by atoms with van der Waals surface area (Å²) >= 11 is 0. The molecular weight excluding hydrogens is 230 g/mol. The third kappa shape index (κ3) is 4.41. The molecule has 0 aliphatic heterocycles. The molecule has 0 aromatic heterocycles. The van der Waals surface area contributed by atoms with Crippen molar-refractivity contribution in [2.45, 2.75) is 13.3 Å². The minimum absolute atomic E-state index is 0.0106. The summed E-state index contributed by atoms with van der Waals surface area (Å²) in [6.45, 7) is 6.00. The first-order chi connectivity index (χ1) is 8.65. The van der Waals surface area contributed by atoms with Crippen LogP contribution in [0.4, 0.5) is 0 Å². The summed E-state index contributed by atoms with van der Waals surface area (Å²) in [5.41, 5.74) is 1.15. The fourth-order valence-corrected chi connectivity index (χ4v) is 1.40. The van der Waals surface area contributed by atoms with Crippen LogP contribution in [0.2, 0.25) is 0 Å².